The number of anilines is 1. The van der Waals surface area contributed by atoms with E-state index in [0.29, 0.717) is 24.2 Å². The van der Waals surface area contributed by atoms with E-state index in [2.05, 4.69) is 0 Å². The number of benzene rings is 1. The van der Waals surface area contributed by atoms with Crippen LogP contribution < -0.4 is 10.6 Å². The van der Waals surface area contributed by atoms with Crippen molar-refractivity contribution in [3.8, 4) is 0 Å². The van der Waals surface area contributed by atoms with Gasteiger partial charge in [0.2, 0.25) is 5.91 Å². The highest BCUT2D eigenvalue weighted by atomic mass is 16.4. The fourth-order valence-electron chi connectivity index (χ4n) is 2.56. The highest BCUT2D eigenvalue weighted by molar-refractivity contribution is 5.96. The number of rotatable bonds is 3. The van der Waals surface area contributed by atoms with Gasteiger partial charge in [0.15, 0.2) is 0 Å². The molecule has 1 aromatic carbocycles. The summed E-state index contributed by atoms with van der Waals surface area (Å²) in [6.45, 7) is 4.03. The van der Waals surface area contributed by atoms with Crippen molar-refractivity contribution in [3.63, 3.8) is 0 Å². The monoisotopic (exact) mass is 276 g/mol. The quantitative estimate of drug-likeness (QED) is 0.880. The molecule has 20 heavy (non-hydrogen) atoms. The minimum Gasteiger partial charge on any atom is -0.481 e. The molecule has 0 aromatic heterocycles. The predicted molar refractivity (Wildman–Crippen MR) is 76.7 cm³/mol. The molecule has 0 spiro atoms. The van der Waals surface area contributed by atoms with Crippen molar-refractivity contribution in [2.75, 3.05) is 11.4 Å². The summed E-state index contributed by atoms with van der Waals surface area (Å²) in [5.74, 6) is -1.45. The first kappa shape index (κ1) is 14.5. The fourth-order valence-corrected chi connectivity index (χ4v) is 2.56. The first-order chi connectivity index (χ1) is 9.29. The highest BCUT2D eigenvalue weighted by Gasteiger charge is 2.33. The molecule has 1 aliphatic rings. The molecule has 5 heteroatoms. The molecule has 1 aromatic rings. The van der Waals surface area contributed by atoms with Gasteiger partial charge in [-0.25, -0.2) is 0 Å². The molecule has 1 unspecified atom stereocenters. The second-order valence-electron chi connectivity index (χ2n) is 5.95. The molecule has 1 amide bonds. The number of nitrogens with two attached hydrogens (primary N) is 1. The lowest BCUT2D eigenvalue weighted by atomic mass is 9.89. The topological polar surface area (TPSA) is 83.6 Å². The summed E-state index contributed by atoms with van der Waals surface area (Å²) in [6, 6.07) is 7.19. The first-order valence-electron chi connectivity index (χ1n) is 6.70. The van der Waals surface area contributed by atoms with Gasteiger partial charge in [0, 0.05) is 24.2 Å². The van der Waals surface area contributed by atoms with Crippen LogP contribution in [0.2, 0.25) is 0 Å². The van der Waals surface area contributed by atoms with Gasteiger partial charge in [0.25, 0.3) is 0 Å². The Balaban J connectivity index is 2.32. The van der Waals surface area contributed by atoms with E-state index in [-0.39, 0.29) is 12.3 Å². The van der Waals surface area contributed by atoms with Crippen LogP contribution in [-0.2, 0) is 9.59 Å². The van der Waals surface area contributed by atoms with E-state index in [1.165, 1.54) is 0 Å². The average Bonchev–Trinajstić information content (AvgIpc) is 2.35. The molecule has 0 bridgehead atoms. The van der Waals surface area contributed by atoms with Crippen LogP contribution >= 0.6 is 0 Å². The zero-order chi connectivity index (χ0) is 14.9. The maximum Gasteiger partial charge on any atom is 0.311 e. The van der Waals surface area contributed by atoms with Gasteiger partial charge in [-0.15, -0.1) is 0 Å². The molecule has 1 aliphatic heterocycles. The van der Waals surface area contributed by atoms with E-state index in [1.54, 1.807) is 36.9 Å². The fraction of sp³-hybridized carbons (Fsp3) is 0.467. The maximum atomic E-state index is 12.4. The lowest BCUT2D eigenvalue weighted by Crippen LogP contribution is -2.44. The van der Waals surface area contributed by atoms with Crippen molar-refractivity contribution < 1.29 is 14.7 Å². The summed E-state index contributed by atoms with van der Waals surface area (Å²) < 4.78 is 0. The van der Waals surface area contributed by atoms with Crippen molar-refractivity contribution in [2.45, 2.75) is 38.1 Å². The van der Waals surface area contributed by atoms with E-state index in [9.17, 15) is 14.7 Å². The van der Waals surface area contributed by atoms with Gasteiger partial charge in [-0.1, -0.05) is 18.2 Å². The highest BCUT2D eigenvalue weighted by Crippen LogP contribution is 2.35. The SMILES string of the molecule is CC(C)(N)CC(=O)N1CCC(C(=O)O)c2ccccc21. The zero-order valence-corrected chi connectivity index (χ0v) is 11.8. The summed E-state index contributed by atoms with van der Waals surface area (Å²) in [5, 5.41) is 9.27. The van der Waals surface area contributed by atoms with Crippen molar-refractivity contribution in [2.24, 2.45) is 5.73 Å². The van der Waals surface area contributed by atoms with Crippen LogP contribution in [0, 0.1) is 0 Å². The molecular formula is C15H20N2O3. The third-order valence-electron chi connectivity index (χ3n) is 3.45. The Kier molecular flexibility index (Phi) is 3.81. The van der Waals surface area contributed by atoms with Crippen LogP contribution in [-0.4, -0.2) is 29.1 Å². The van der Waals surface area contributed by atoms with Crippen molar-refractivity contribution in [1.29, 1.82) is 0 Å². The second kappa shape index (κ2) is 5.25. The van der Waals surface area contributed by atoms with Gasteiger partial charge >= 0.3 is 5.97 Å². The molecule has 0 saturated heterocycles. The molecular weight excluding hydrogens is 256 g/mol. The number of carboxylic acid groups (broad SMARTS) is 1. The predicted octanol–water partition coefficient (Wildman–Crippen LogP) is 1.72. The molecule has 0 fully saturated rings. The molecule has 1 heterocycles. The largest absolute Gasteiger partial charge is 0.481 e. The molecule has 108 valence electrons. The van der Waals surface area contributed by atoms with E-state index < -0.39 is 17.4 Å². The Hall–Kier alpha value is -1.88. The van der Waals surface area contributed by atoms with Crippen LogP contribution in [0.1, 0.15) is 38.2 Å². The van der Waals surface area contributed by atoms with Crippen LogP contribution in [0.25, 0.3) is 0 Å². The Morgan fingerprint density at radius 3 is 2.65 bits per heavy atom. The van der Waals surface area contributed by atoms with Crippen molar-refractivity contribution in [3.05, 3.63) is 29.8 Å². The van der Waals surface area contributed by atoms with Gasteiger partial charge in [0.05, 0.1) is 5.92 Å². The van der Waals surface area contributed by atoms with E-state index >= 15 is 0 Å². The summed E-state index contributed by atoms with van der Waals surface area (Å²) in [6.07, 6.45) is 0.669. The number of aliphatic carboxylic acids is 1. The molecule has 3 N–H and O–H groups in total. The average molecular weight is 276 g/mol. The zero-order valence-electron chi connectivity index (χ0n) is 11.8. The van der Waals surface area contributed by atoms with Gasteiger partial charge in [-0.3, -0.25) is 9.59 Å². The molecule has 5 nitrogen and oxygen atoms in total. The summed E-state index contributed by atoms with van der Waals surface area (Å²) >= 11 is 0. The number of fused-ring (bicyclic) bond motifs is 1. The van der Waals surface area contributed by atoms with E-state index in [0.717, 1.165) is 0 Å². The minimum absolute atomic E-state index is 0.0613. The number of carbonyl (C=O) groups is 2. The third-order valence-corrected chi connectivity index (χ3v) is 3.45. The Morgan fingerprint density at radius 2 is 2.05 bits per heavy atom. The lowest BCUT2D eigenvalue weighted by molar-refractivity contribution is -0.139. The molecule has 1 atom stereocenters. The van der Waals surface area contributed by atoms with Gasteiger partial charge in [0.1, 0.15) is 0 Å². The lowest BCUT2D eigenvalue weighted by Gasteiger charge is -2.34. The molecule has 0 radical (unpaired) electrons. The molecule has 2 rings (SSSR count). The Bertz CT molecular complexity index is 534. The summed E-state index contributed by atoms with van der Waals surface area (Å²) in [5.41, 5.74) is 6.72. The minimum atomic E-state index is -0.844. The van der Waals surface area contributed by atoms with Crippen LogP contribution in [0.5, 0.6) is 0 Å². The van der Waals surface area contributed by atoms with Crippen molar-refractivity contribution >= 4 is 17.6 Å². The number of para-hydroxylation sites is 1. The first-order valence-corrected chi connectivity index (χ1v) is 6.70. The number of carboxylic acids is 1. The van der Waals surface area contributed by atoms with Crippen LogP contribution in [0.15, 0.2) is 24.3 Å². The number of nitrogens with zero attached hydrogens (tertiary/aromatic N) is 1. The summed E-state index contributed by atoms with van der Waals surface area (Å²) in [7, 11) is 0. The van der Waals surface area contributed by atoms with E-state index in [4.69, 9.17) is 5.73 Å². The molecule has 0 aliphatic carbocycles. The smallest absolute Gasteiger partial charge is 0.311 e. The van der Waals surface area contributed by atoms with E-state index in [1.807, 2.05) is 6.07 Å². The van der Waals surface area contributed by atoms with Crippen LogP contribution in [0.4, 0.5) is 5.69 Å². The third kappa shape index (κ3) is 2.99. The maximum absolute atomic E-state index is 12.4. The Morgan fingerprint density at radius 1 is 1.40 bits per heavy atom. The van der Waals surface area contributed by atoms with Crippen LogP contribution in [0.3, 0.4) is 0 Å². The number of carbonyl (C=O) groups excluding carboxylic acids is 1. The normalized spacial score (nSPS) is 18.6. The number of hydrogen-bond donors (Lipinski definition) is 2. The summed E-state index contributed by atoms with van der Waals surface area (Å²) in [4.78, 5) is 25.3. The standard InChI is InChI=1S/C15H20N2O3/c1-15(2,16)9-13(18)17-8-7-11(14(19)20)10-5-3-4-6-12(10)17/h3-6,11H,7-9,16H2,1-2H3,(H,19,20). The van der Waals surface area contributed by atoms with Gasteiger partial charge < -0.3 is 15.7 Å². The molecule has 0 saturated carbocycles. The second-order valence-corrected chi connectivity index (χ2v) is 5.95. The number of hydrogen-bond acceptors (Lipinski definition) is 3. The van der Waals surface area contributed by atoms with Crippen molar-refractivity contribution in [1.82, 2.24) is 0 Å². The van der Waals surface area contributed by atoms with Gasteiger partial charge in [-0.05, 0) is 31.9 Å². The number of amides is 1. The van der Waals surface area contributed by atoms with Gasteiger partial charge in [-0.2, -0.15) is 0 Å². The Labute approximate surface area is 118 Å².